The number of hydrogen-bond acceptors (Lipinski definition) is 1. The molecule has 56 valence electrons. The van der Waals surface area contributed by atoms with Crippen LogP contribution in [0.1, 0.15) is 13.3 Å². The number of amides is 1. The maximum atomic E-state index is 12.7. The third-order valence-electron chi connectivity index (χ3n) is 2.48. The molecule has 1 N–H and O–H groups in total. The molecule has 1 heterocycles. The van der Waals surface area contributed by atoms with Crippen LogP contribution in [-0.2, 0) is 4.79 Å². The predicted molar refractivity (Wildman–Crippen MR) is 34.1 cm³/mol. The number of piperidine rings is 1. The number of halogens is 1. The van der Waals surface area contributed by atoms with Gasteiger partial charge in [0.05, 0.1) is 6.04 Å². The molecule has 0 aromatic carbocycles. The molecule has 0 radical (unpaired) electrons. The number of rotatable bonds is 0. The lowest BCUT2D eigenvalue weighted by molar-refractivity contribution is -0.123. The molecule has 0 aromatic rings. The van der Waals surface area contributed by atoms with Gasteiger partial charge in [-0.25, -0.2) is 4.39 Å². The Kier molecular flexibility index (Phi) is 1.05. The molecular weight excluding hydrogens is 133 g/mol. The lowest BCUT2D eigenvalue weighted by Crippen LogP contribution is -2.34. The van der Waals surface area contributed by atoms with Gasteiger partial charge in [-0.3, -0.25) is 4.79 Å². The summed E-state index contributed by atoms with van der Waals surface area (Å²) in [7, 11) is 0. The molecule has 0 spiro atoms. The first-order valence-corrected chi connectivity index (χ1v) is 3.63. The smallest absolute Gasteiger partial charge is 0.220 e. The topological polar surface area (TPSA) is 29.1 Å². The quantitative estimate of drug-likeness (QED) is 0.525. The Balaban J connectivity index is 2.09. The van der Waals surface area contributed by atoms with Crippen molar-refractivity contribution in [2.24, 2.45) is 11.8 Å². The van der Waals surface area contributed by atoms with Crippen molar-refractivity contribution in [3.8, 4) is 0 Å². The van der Waals surface area contributed by atoms with E-state index >= 15 is 0 Å². The Hall–Kier alpha value is -0.600. The Morgan fingerprint density at radius 2 is 2.40 bits per heavy atom. The van der Waals surface area contributed by atoms with Gasteiger partial charge in [0.2, 0.25) is 5.91 Å². The standard InChI is InChI=1S/C7H10FNO/c1-3-2-4(10)9-7-5(3)6(7)8/h3,5-7H,2H2,1H3,(H,9,10)/t3-,5+,6-,7+/m1/s1. The minimum Gasteiger partial charge on any atom is -0.350 e. The molecule has 1 saturated heterocycles. The average Bonchev–Trinajstić information content (AvgIpc) is 2.42. The van der Waals surface area contributed by atoms with Crippen LogP contribution in [0.4, 0.5) is 4.39 Å². The van der Waals surface area contributed by atoms with Crippen LogP contribution in [-0.4, -0.2) is 18.1 Å². The summed E-state index contributed by atoms with van der Waals surface area (Å²) in [5.41, 5.74) is 0. The van der Waals surface area contributed by atoms with Crippen molar-refractivity contribution in [3.63, 3.8) is 0 Å². The van der Waals surface area contributed by atoms with Crippen molar-refractivity contribution in [2.45, 2.75) is 25.6 Å². The molecular formula is C7H10FNO. The summed E-state index contributed by atoms with van der Waals surface area (Å²) >= 11 is 0. The summed E-state index contributed by atoms with van der Waals surface area (Å²) in [5.74, 6) is 0.375. The van der Waals surface area contributed by atoms with Crippen molar-refractivity contribution < 1.29 is 9.18 Å². The summed E-state index contributed by atoms with van der Waals surface area (Å²) in [5, 5.41) is 2.62. The second kappa shape index (κ2) is 1.71. The fraction of sp³-hybridized carbons (Fsp3) is 0.857. The van der Waals surface area contributed by atoms with Crippen molar-refractivity contribution in [3.05, 3.63) is 0 Å². The molecule has 0 bridgehead atoms. The summed E-state index contributed by atoms with van der Waals surface area (Å²) in [4.78, 5) is 10.8. The molecule has 3 heteroatoms. The summed E-state index contributed by atoms with van der Waals surface area (Å²) in [6, 6.07) is -0.142. The Bertz CT molecular complexity index is 172. The lowest BCUT2D eigenvalue weighted by atomic mass is 9.99. The fourth-order valence-electron chi connectivity index (χ4n) is 1.81. The van der Waals surface area contributed by atoms with E-state index in [0.717, 1.165) is 0 Å². The van der Waals surface area contributed by atoms with Crippen molar-refractivity contribution in [1.82, 2.24) is 5.32 Å². The molecule has 0 aromatic heterocycles. The molecule has 1 aliphatic carbocycles. The van der Waals surface area contributed by atoms with Crippen LogP contribution < -0.4 is 5.32 Å². The van der Waals surface area contributed by atoms with Crippen LogP contribution in [0.25, 0.3) is 0 Å². The van der Waals surface area contributed by atoms with Gasteiger partial charge in [-0.2, -0.15) is 0 Å². The van der Waals surface area contributed by atoms with Crippen LogP contribution in [0.3, 0.4) is 0 Å². The van der Waals surface area contributed by atoms with Gasteiger partial charge in [0.25, 0.3) is 0 Å². The van der Waals surface area contributed by atoms with Crippen LogP contribution in [0.15, 0.2) is 0 Å². The number of nitrogens with one attached hydrogen (secondary N) is 1. The molecule has 2 rings (SSSR count). The first-order chi connectivity index (χ1) is 4.70. The van der Waals surface area contributed by atoms with Gasteiger partial charge in [-0.1, -0.05) is 6.92 Å². The molecule has 0 unspecified atom stereocenters. The van der Waals surface area contributed by atoms with E-state index in [4.69, 9.17) is 0 Å². The Morgan fingerprint density at radius 1 is 1.70 bits per heavy atom. The molecule has 10 heavy (non-hydrogen) atoms. The molecule has 1 amide bonds. The molecule has 2 nitrogen and oxygen atoms in total. The van der Waals surface area contributed by atoms with Crippen molar-refractivity contribution in [2.75, 3.05) is 0 Å². The number of carbonyl (C=O) groups excluding carboxylic acids is 1. The second-order valence-corrected chi connectivity index (χ2v) is 3.30. The zero-order chi connectivity index (χ0) is 7.30. The molecule has 4 atom stereocenters. The first-order valence-electron chi connectivity index (χ1n) is 3.63. The minimum atomic E-state index is -0.763. The molecule has 1 saturated carbocycles. The molecule has 2 aliphatic rings. The van der Waals surface area contributed by atoms with E-state index in [-0.39, 0.29) is 23.8 Å². The average molecular weight is 143 g/mol. The first kappa shape index (κ1) is 6.13. The summed E-state index contributed by atoms with van der Waals surface area (Å²) < 4.78 is 12.7. The highest BCUT2D eigenvalue weighted by Gasteiger charge is 2.57. The summed E-state index contributed by atoms with van der Waals surface area (Å²) in [6.45, 7) is 1.94. The summed E-state index contributed by atoms with van der Waals surface area (Å²) in [6.07, 6.45) is -0.261. The van der Waals surface area contributed by atoms with E-state index in [0.29, 0.717) is 6.42 Å². The van der Waals surface area contributed by atoms with Gasteiger partial charge < -0.3 is 5.32 Å². The van der Waals surface area contributed by atoms with Gasteiger partial charge >= 0.3 is 0 Å². The van der Waals surface area contributed by atoms with Crippen LogP contribution >= 0.6 is 0 Å². The zero-order valence-corrected chi connectivity index (χ0v) is 5.80. The third-order valence-corrected chi connectivity index (χ3v) is 2.48. The monoisotopic (exact) mass is 143 g/mol. The van der Waals surface area contributed by atoms with Crippen molar-refractivity contribution >= 4 is 5.91 Å². The van der Waals surface area contributed by atoms with Gasteiger partial charge in [-0.15, -0.1) is 0 Å². The molecule has 1 aliphatic heterocycles. The maximum Gasteiger partial charge on any atom is 0.220 e. The van der Waals surface area contributed by atoms with E-state index in [9.17, 15) is 9.18 Å². The number of carbonyl (C=O) groups is 1. The fourth-order valence-corrected chi connectivity index (χ4v) is 1.81. The van der Waals surface area contributed by atoms with Gasteiger partial charge in [0, 0.05) is 12.3 Å². The normalized spacial score (nSPS) is 51.6. The predicted octanol–water partition coefficient (Wildman–Crippen LogP) is 0.479. The lowest BCUT2D eigenvalue weighted by Gasteiger charge is -2.15. The highest BCUT2D eigenvalue weighted by molar-refractivity contribution is 5.78. The number of hydrogen-bond donors (Lipinski definition) is 1. The van der Waals surface area contributed by atoms with Gasteiger partial charge in [0.15, 0.2) is 0 Å². The largest absolute Gasteiger partial charge is 0.350 e. The Labute approximate surface area is 58.8 Å². The van der Waals surface area contributed by atoms with Crippen LogP contribution in [0.5, 0.6) is 0 Å². The SMILES string of the molecule is C[C@@H]1CC(=O)N[C@@H]2[C@H](F)[C@@H]21. The van der Waals surface area contributed by atoms with E-state index in [1.807, 2.05) is 6.92 Å². The van der Waals surface area contributed by atoms with Crippen LogP contribution in [0.2, 0.25) is 0 Å². The zero-order valence-electron chi connectivity index (χ0n) is 5.80. The minimum absolute atomic E-state index is 0.00824. The van der Waals surface area contributed by atoms with Crippen LogP contribution in [0, 0.1) is 11.8 Å². The van der Waals surface area contributed by atoms with Gasteiger partial charge in [0.1, 0.15) is 6.17 Å². The maximum absolute atomic E-state index is 12.7. The number of alkyl halides is 1. The molecule has 2 fully saturated rings. The van der Waals surface area contributed by atoms with E-state index in [1.165, 1.54) is 0 Å². The Morgan fingerprint density at radius 3 is 3.00 bits per heavy atom. The van der Waals surface area contributed by atoms with Crippen molar-refractivity contribution in [1.29, 1.82) is 0 Å². The van der Waals surface area contributed by atoms with E-state index in [1.54, 1.807) is 0 Å². The van der Waals surface area contributed by atoms with E-state index in [2.05, 4.69) is 5.32 Å². The third kappa shape index (κ3) is 0.662. The number of fused-ring (bicyclic) bond motifs is 1. The van der Waals surface area contributed by atoms with Gasteiger partial charge in [-0.05, 0) is 5.92 Å². The highest BCUT2D eigenvalue weighted by atomic mass is 19.1. The van der Waals surface area contributed by atoms with E-state index < -0.39 is 6.17 Å². The second-order valence-electron chi connectivity index (χ2n) is 3.30. The highest BCUT2D eigenvalue weighted by Crippen LogP contribution is 2.44.